The lowest BCUT2D eigenvalue weighted by molar-refractivity contribution is -0.145. The molecule has 1 N–H and O–H groups in total. The van der Waals surface area contributed by atoms with Crippen LogP contribution in [-0.2, 0) is 24.3 Å². The molecule has 1 aliphatic heterocycles. The summed E-state index contributed by atoms with van der Waals surface area (Å²) in [5.41, 5.74) is 1.79. The van der Waals surface area contributed by atoms with Crippen LogP contribution in [0, 0.1) is 13.8 Å². The third-order valence-corrected chi connectivity index (χ3v) is 5.64. The van der Waals surface area contributed by atoms with Crippen LogP contribution in [-0.4, -0.2) is 33.1 Å². The van der Waals surface area contributed by atoms with Crippen LogP contribution in [0.15, 0.2) is 47.4 Å². The van der Waals surface area contributed by atoms with Crippen LogP contribution in [0.5, 0.6) is 0 Å². The molecule has 0 spiro atoms. The van der Waals surface area contributed by atoms with Gasteiger partial charge in [-0.2, -0.15) is 0 Å². The number of benzene rings is 2. The van der Waals surface area contributed by atoms with Gasteiger partial charge in [-0.25, -0.2) is 18.0 Å². The first-order chi connectivity index (χ1) is 12.8. The largest absolute Gasteiger partial charge is 0.463 e. The number of esters is 2. The first kappa shape index (κ1) is 18.9. The fourth-order valence-electron chi connectivity index (χ4n) is 2.70. The van der Waals surface area contributed by atoms with E-state index in [0.717, 1.165) is 5.56 Å². The number of rotatable bonds is 5. The third-order valence-electron chi connectivity index (χ3n) is 4.12. The molecule has 1 saturated heterocycles. The average Bonchev–Trinajstić information content (AvgIpc) is 3.01. The molecule has 1 aliphatic rings. The summed E-state index contributed by atoms with van der Waals surface area (Å²) in [6.45, 7) is 3.73. The molecule has 1 atom stereocenters. The van der Waals surface area contributed by atoms with Crippen LogP contribution < -0.4 is 4.72 Å². The van der Waals surface area contributed by atoms with E-state index in [2.05, 4.69) is 4.72 Å². The van der Waals surface area contributed by atoms with Crippen LogP contribution in [0.2, 0.25) is 0 Å². The van der Waals surface area contributed by atoms with E-state index in [-0.39, 0.29) is 22.8 Å². The topological polar surface area (TPSA) is 98.8 Å². The van der Waals surface area contributed by atoms with Crippen molar-refractivity contribution < 1.29 is 27.5 Å². The first-order valence-electron chi connectivity index (χ1n) is 8.34. The van der Waals surface area contributed by atoms with E-state index in [0.29, 0.717) is 12.0 Å². The number of sulfonamides is 1. The Morgan fingerprint density at radius 3 is 2.67 bits per heavy atom. The van der Waals surface area contributed by atoms with Crippen LogP contribution in [0.3, 0.4) is 0 Å². The number of anilines is 1. The number of carbonyl (C=O) groups excluding carboxylic acids is 2. The van der Waals surface area contributed by atoms with Crippen molar-refractivity contribution >= 4 is 27.6 Å². The van der Waals surface area contributed by atoms with E-state index in [1.54, 1.807) is 19.1 Å². The Balaban J connectivity index is 1.80. The number of carbonyl (C=O) groups is 2. The molecule has 7 nitrogen and oxygen atoms in total. The standard InChI is InChI=1S/C19H19NO6S/c1-12-6-7-13(2)17(10-12)27(23,24)20-15-5-3-4-14(11-15)18(21)26-16-8-9-25-19(16)22/h3-7,10-11,16,20H,8-9H2,1-2H3/t16-/m1/s1. The van der Waals surface area contributed by atoms with Crippen molar-refractivity contribution in [3.05, 3.63) is 59.2 Å². The van der Waals surface area contributed by atoms with E-state index in [4.69, 9.17) is 9.47 Å². The number of nitrogens with one attached hydrogen (secondary N) is 1. The zero-order chi connectivity index (χ0) is 19.6. The first-order valence-corrected chi connectivity index (χ1v) is 9.82. The molecule has 0 aromatic heterocycles. The summed E-state index contributed by atoms with van der Waals surface area (Å²) in [5, 5.41) is 0. The second kappa shape index (κ2) is 7.40. The predicted octanol–water partition coefficient (Wildman–Crippen LogP) is 2.58. The van der Waals surface area contributed by atoms with Gasteiger partial charge in [0.05, 0.1) is 17.1 Å². The Bertz CT molecular complexity index is 999. The highest BCUT2D eigenvalue weighted by atomic mass is 32.2. The molecule has 2 aromatic carbocycles. The van der Waals surface area contributed by atoms with Crippen molar-refractivity contribution in [3.8, 4) is 0 Å². The minimum Gasteiger partial charge on any atom is -0.463 e. The Hall–Kier alpha value is -2.87. The lowest BCUT2D eigenvalue weighted by Gasteiger charge is -2.12. The number of aryl methyl sites for hydroxylation is 2. The SMILES string of the molecule is Cc1ccc(C)c(S(=O)(=O)Nc2cccc(C(=O)O[C@@H]3CCOC3=O)c2)c1. The van der Waals surface area contributed by atoms with E-state index in [9.17, 15) is 18.0 Å². The molecule has 142 valence electrons. The molecule has 27 heavy (non-hydrogen) atoms. The zero-order valence-corrected chi connectivity index (χ0v) is 15.7. The van der Waals surface area contributed by atoms with Crippen molar-refractivity contribution in [2.24, 2.45) is 0 Å². The van der Waals surface area contributed by atoms with Crippen molar-refractivity contribution in [2.45, 2.75) is 31.3 Å². The normalized spacial score (nSPS) is 16.7. The molecular weight excluding hydrogens is 370 g/mol. The molecule has 3 rings (SSSR count). The summed E-state index contributed by atoms with van der Waals surface area (Å²) < 4.78 is 37.7. The molecule has 0 aliphatic carbocycles. The van der Waals surface area contributed by atoms with E-state index >= 15 is 0 Å². The van der Waals surface area contributed by atoms with Gasteiger partial charge in [0.1, 0.15) is 0 Å². The summed E-state index contributed by atoms with van der Waals surface area (Å²) in [6, 6.07) is 11.1. The van der Waals surface area contributed by atoms with Gasteiger partial charge < -0.3 is 9.47 Å². The molecule has 0 bridgehead atoms. The average molecular weight is 389 g/mol. The number of cyclic esters (lactones) is 1. The molecule has 8 heteroatoms. The Kier molecular flexibility index (Phi) is 5.18. The van der Waals surface area contributed by atoms with Gasteiger partial charge in [-0.3, -0.25) is 4.72 Å². The molecule has 2 aromatic rings. The van der Waals surface area contributed by atoms with Gasteiger partial charge in [0.2, 0.25) is 6.10 Å². The molecule has 1 fully saturated rings. The van der Waals surface area contributed by atoms with Crippen LogP contribution in [0.4, 0.5) is 5.69 Å². The second-order valence-electron chi connectivity index (χ2n) is 6.31. The highest BCUT2D eigenvalue weighted by molar-refractivity contribution is 7.92. The van der Waals surface area contributed by atoms with Crippen molar-refractivity contribution in [3.63, 3.8) is 0 Å². The highest BCUT2D eigenvalue weighted by Crippen LogP contribution is 2.22. The minimum absolute atomic E-state index is 0.135. The monoisotopic (exact) mass is 389 g/mol. The summed E-state index contributed by atoms with van der Waals surface area (Å²) in [5.74, 6) is -1.29. The number of ether oxygens (including phenoxy) is 2. The fraction of sp³-hybridized carbons (Fsp3) is 0.263. The van der Waals surface area contributed by atoms with E-state index < -0.39 is 28.1 Å². The zero-order valence-electron chi connectivity index (χ0n) is 14.9. The summed E-state index contributed by atoms with van der Waals surface area (Å²) in [7, 11) is -3.82. The van der Waals surface area contributed by atoms with Gasteiger partial charge in [0.25, 0.3) is 10.0 Å². The summed E-state index contributed by atoms with van der Waals surface area (Å²) >= 11 is 0. The number of hydrogen-bond acceptors (Lipinski definition) is 6. The third kappa shape index (κ3) is 4.28. The summed E-state index contributed by atoms with van der Waals surface area (Å²) in [6.07, 6.45) is -0.614. The number of hydrogen-bond donors (Lipinski definition) is 1. The van der Waals surface area contributed by atoms with Gasteiger partial charge in [0.15, 0.2) is 0 Å². The highest BCUT2D eigenvalue weighted by Gasteiger charge is 2.30. The predicted molar refractivity (Wildman–Crippen MR) is 97.9 cm³/mol. The van der Waals surface area contributed by atoms with Gasteiger partial charge in [-0.05, 0) is 49.2 Å². The molecular formula is C19H19NO6S. The lowest BCUT2D eigenvalue weighted by atomic mass is 10.2. The van der Waals surface area contributed by atoms with Crippen molar-refractivity contribution in [2.75, 3.05) is 11.3 Å². The molecule has 0 amide bonds. The van der Waals surface area contributed by atoms with Gasteiger partial charge in [-0.1, -0.05) is 18.2 Å². The minimum atomic E-state index is -3.82. The van der Waals surface area contributed by atoms with Crippen LogP contribution in [0.1, 0.15) is 27.9 Å². The second-order valence-corrected chi connectivity index (χ2v) is 7.96. The molecule has 1 heterocycles. The molecule has 0 saturated carbocycles. The molecule has 0 radical (unpaired) electrons. The Morgan fingerprint density at radius 2 is 1.96 bits per heavy atom. The van der Waals surface area contributed by atoms with Gasteiger partial charge >= 0.3 is 11.9 Å². The maximum atomic E-state index is 12.7. The van der Waals surface area contributed by atoms with Crippen LogP contribution in [0.25, 0.3) is 0 Å². The fourth-order valence-corrected chi connectivity index (χ4v) is 4.08. The smallest absolute Gasteiger partial charge is 0.347 e. The Labute approximate surface area is 157 Å². The van der Waals surface area contributed by atoms with Gasteiger partial charge in [-0.15, -0.1) is 0 Å². The molecule has 0 unspecified atom stereocenters. The quantitative estimate of drug-likeness (QED) is 0.789. The van der Waals surface area contributed by atoms with E-state index in [1.807, 2.05) is 13.0 Å². The lowest BCUT2D eigenvalue weighted by Crippen LogP contribution is -2.22. The van der Waals surface area contributed by atoms with Crippen molar-refractivity contribution in [1.29, 1.82) is 0 Å². The maximum Gasteiger partial charge on any atom is 0.347 e. The van der Waals surface area contributed by atoms with Gasteiger partial charge in [0, 0.05) is 12.1 Å². The van der Waals surface area contributed by atoms with Crippen LogP contribution >= 0.6 is 0 Å². The Morgan fingerprint density at radius 1 is 1.19 bits per heavy atom. The summed E-state index contributed by atoms with van der Waals surface area (Å²) in [4.78, 5) is 23.8. The maximum absolute atomic E-state index is 12.7. The van der Waals surface area contributed by atoms with Crippen molar-refractivity contribution in [1.82, 2.24) is 0 Å². The van der Waals surface area contributed by atoms with E-state index in [1.165, 1.54) is 24.3 Å².